The highest BCUT2D eigenvalue weighted by atomic mass is 31.0. The van der Waals surface area contributed by atoms with Crippen LogP contribution in [-0.4, -0.2) is 51.8 Å². The Balaban J connectivity index is 1.86. The molecule has 3 heterocycles. The molecular formula is C19H23F3N5O2P. The molecule has 0 saturated carbocycles. The lowest BCUT2D eigenvalue weighted by Crippen LogP contribution is -2.26. The second-order valence-corrected chi connectivity index (χ2v) is 7.49. The summed E-state index contributed by atoms with van der Waals surface area (Å²) in [5, 5.41) is 10.6. The molecule has 1 amide bonds. The molecule has 1 aliphatic heterocycles. The molecule has 2 aromatic heterocycles. The average Bonchev–Trinajstić information content (AvgIpc) is 3.26. The molecule has 1 fully saturated rings. The minimum absolute atomic E-state index is 0.00697. The highest BCUT2D eigenvalue weighted by molar-refractivity contribution is 7.20. The number of carbonyl (C=O) groups excluding carboxylic acids is 1. The van der Waals surface area contributed by atoms with Crippen LogP contribution in [0.4, 0.5) is 13.2 Å². The van der Waals surface area contributed by atoms with Gasteiger partial charge in [0, 0.05) is 50.4 Å². The predicted molar refractivity (Wildman–Crippen MR) is 111 cm³/mol. The fourth-order valence-corrected chi connectivity index (χ4v) is 3.39. The highest BCUT2D eigenvalue weighted by Crippen LogP contribution is 2.29. The third-order valence-electron chi connectivity index (χ3n) is 4.82. The summed E-state index contributed by atoms with van der Waals surface area (Å²) in [5.74, 6) is 1.94. The van der Waals surface area contributed by atoms with Crippen LogP contribution >= 0.6 is 8.86 Å². The third-order valence-corrected chi connectivity index (χ3v) is 5.13. The van der Waals surface area contributed by atoms with Gasteiger partial charge in [0.15, 0.2) is 0 Å². The number of aryl methyl sites for hydroxylation is 1. The van der Waals surface area contributed by atoms with E-state index in [2.05, 4.69) is 29.6 Å². The fourth-order valence-electron chi connectivity index (χ4n) is 3.16. The molecule has 0 radical (unpaired) electrons. The van der Waals surface area contributed by atoms with Crippen molar-refractivity contribution in [3.8, 4) is 5.88 Å². The van der Waals surface area contributed by atoms with Crippen LogP contribution in [0, 0.1) is 5.92 Å². The van der Waals surface area contributed by atoms with Crippen molar-refractivity contribution in [2.75, 3.05) is 13.1 Å². The molecule has 30 heavy (non-hydrogen) atoms. The van der Waals surface area contributed by atoms with Crippen LogP contribution in [0.1, 0.15) is 25.5 Å². The van der Waals surface area contributed by atoms with Crippen LogP contribution in [-0.2, 0) is 11.8 Å². The number of pyridine rings is 1. The van der Waals surface area contributed by atoms with Crippen LogP contribution in [0.5, 0.6) is 5.88 Å². The zero-order valence-electron chi connectivity index (χ0n) is 16.6. The zero-order chi connectivity index (χ0) is 21.9. The Hall–Kier alpha value is -2.61. The monoisotopic (exact) mass is 441 g/mol. The van der Waals surface area contributed by atoms with Crippen LogP contribution < -0.4 is 15.4 Å². The van der Waals surface area contributed by atoms with Gasteiger partial charge in [-0.1, -0.05) is 0 Å². The summed E-state index contributed by atoms with van der Waals surface area (Å²) in [6.07, 6.45) is -1.79. The second-order valence-electron chi connectivity index (χ2n) is 7.20. The maximum Gasteiger partial charge on any atom is 0.390 e. The molecule has 1 saturated heterocycles. The average molecular weight is 441 g/mol. The van der Waals surface area contributed by atoms with Crippen molar-refractivity contribution in [3.63, 3.8) is 0 Å². The summed E-state index contributed by atoms with van der Waals surface area (Å²) >= 11 is 0. The van der Waals surface area contributed by atoms with E-state index in [0.29, 0.717) is 41.0 Å². The number of fused-ring (bicyclic) bond motifs is 1. The smallest absolute Gasteiger partial charge is 0.390 e. The third kappa shape index (κ3) is 5.50. The first-order valence-corrected chi connectivity index (χ1v) is 10.0. The minimum Gasteiger partial charge on any atom is -0.474 e. The molecule has 2 unspecified atom stereocenters. The van der Waals surface area contributed by atoms with Crippen molar-refractivity contribution in [2.24, 2.45) is 13.0 Å². The summed E-state index contributed by atoms with van der Waals surface area (Å²) in [5.41, 5.74) is 1.66. The Morgan fingerprint density at radius 2 is 2.30 bits per heavy atom. The van der Waals surface area contributed by atoms with Crippen molar-refractivity contribution < 1.29 is 22.7 Å². The number of carbonyl (C=O) groups is 1. The summed E-state index contributed by atoms with van der Waals surface area (Å²) in [6.45, 7) is 2.17. The van der Waals surface area contributed by atoms with Gasteiger partial charge in [0.05, 0.1) is 23.0 Å². The molecule has 162 valence electrons. The Labute approximate surface area is 173 Å². The maximum absolute atomic E-state index is 12.3. The van der Waals surface area contributed by atoms with Crippen LogP contribution in [0.3, 0.4) is 0 Å². The Bertz CT molecular complexity index is 973. The van der Waals surface area contributed by atoms with E-state index in [1.54, 1.807) is 29.8 Å². The van der Waals surface area contributed by atoms with Gasteiger partial charge < -0.3 is 15.4 Å². The lowest BCUT2D eigenvalue weighted by molar-refractivity contribution is -0.133. The van der Waals surface area contributed by atoms with Gasteiger partial charge >= 0.3 is 6.18 Å². The molecule has 1 aliphatic rings. The van der Waals surface area contributed by atoms with E-state index >= 15 is 0 Å². The summed E-state index contributed by atoms with van der Waals surface area (Å²) in [4.78, 5) is 16.1. The Morgan fingerprint density at radius 3 is 2.93 bits per heavy atom. The molecule has 0 bridgehead atoms. The molecule has 0 aliphatic carbocycles. The fraction of sp³-hybridized carbons (Fsp3) is 0.474. The highest BCUT2D eigenvalue weighted by Gasteiger charge is 2.29. The first kappa shape index (κ1) is 22.1. The number of alkyl halides is 3. The number of amides is 1. The predicted octanol–water partition coefficient (Wildman–Crippen LogP) is 2.70. The number of nitrogens with zero attached hydrogens (tertiary/aromatic N) is 3. The Morgan fingerprint density at radius 1 is 1.53 bits per heavy atom. The van der Waals surface area contributed by atoms with E-state index in [9.17, 15) is 18.0 Å². The van der Waals surface area contributed by atoms with E-state index < -0.39 is 12.6 Å². The van der Waals surface area contributed by atoms with Crippen molar-refractivity contribution in [1.29, 1.82) is 0 Å². The van der Waals surface area contributed by atoms with Crippen molar-refractivity contribution in [1.82, 2.24) is 25.4 Å². The molecule has 2 atom stereocenters. The number of aromatic nitrogens is 3. The number of hydrogen-bond donors (Lipinski definition) is 2. The van der Waals surface area contributed by atoms with Crippen LogP contribution in [0.2, 0.25) is 0 Å². The molecule has 7 nitrogen and oxygen atoms in total. The molecule has 2 N–H and O–H groups in total. The van der Waals surface area contributed by atoms with E-state index in [1.165, 1.54) is 6.20 Å². The van der Waals surface area contributed by atoms with Gasteiger partial charge in [0.25, 0.3) is 0 Å². The summed E-state index contributed by atoms with van der Waals surface area (Å²) < 4.78 is 44.8. The van der Waals surface area contributed by atoms with Gasteiger partial charge in [-0.05, 0) is 18.8 Å². The van der Waals surface area contributed by atoms with E-state index in [0.717, 1.165) is 0 Å². The number of allylic oxidation sites excluding steroid dienone is 1. The molecule has 2 aromatic rings. The Kier molecular flexibility index (Phi) is 6.65. The van der Waals surface area contributed by atoms with Gasteiger partial charge in [-0.2, -0.15) is 18.3 Å². The number of nitrogens with one attached hydrogen (secondary N) is 2. The first-order valence-electron chi connectivity index (χ1n) is 9.45. The topological polar surface area (TPSA) is 81.1 Å². The summed E-state index contributed by atoms with van der Waals surface area (Å²) in [7, 11) is 5.07. The van der Waals surface area contributed by atoms with Gasteiger partial charge in [-0.3, -0.25) is 9.48 Å². The number of ether oxygens (including phenoxy) is 1. The number of rotatable bonds is 8. The molecule has 11 heteroatoms. The SMILES string of the molecule is CC(Oc1nc(/C(C=P)=C/NCCC(F)(F)F)cc2nn(C)cc12)C1CNC(=O)C1. The standard InChI is InChI=1S/C19H23F3N5O2P/c1-11(12-5-17(28)24-8-12)29-18-14-9-27(2)26-16(14)6-15(25-18)13(10-30)7-23-4-3-19(20,21)22/h6-7,9-12,23,30H,3-5,8H2,1-2H3,(H,24,28)/b13-7+. The molecular weight excluding hydrogens is 418 g/mol. The van der Waals surface area contributed by atoms with Gasteiger partial charge in [0.2, 0.25) is 11.8 Å². The normalized spacial score (nSPS) is 18.4. The van der Waals surface area contributed by atoms with Crippen molar-refractivity contribution in [3.05, 3.63) is 24.2 Å². The van der Waals surface area contributed by atoms with Gasteiger partial charge in [-0.25, -0.2) is 4.98 Å². The summed E-state index contributed by atoms with van der Waals surface area (Å²) in [6, 6.07) is 1.74. The van der Waals surface area contributed by atoms with Crippen molar-refractivity contribution >= 4 is 37.0 Å². The maximum atomic E-state index is 12.3. The van der Waals surface area contributed by atoms with Crippen LogP contribution in [0.15, 0.2) is 18.5 Å². The quantitative estimate of drug-likeness (QED) is 0.487. The minimum atomic E-state index is -4.22. The van der Waals surface area contributed by atoms with E-state index in [-0.39, 0.29) is 24.5 Å². The van der Waals surface area contributed by atoms with E-state index in [4.69, 9.17) is 4.74 Å². The zero-order valence-corrected chi connectivity index (χ0v) is 17.6. The van der Waals surface area contributed by atoms with Gasteiger partial charge in [0.1, 0.15) is 6.10 Å². The lowest BCUT2D eigenvalue weighted by Gasteiger charge is -2.19. The number of hydrogen-bond acceptors (Lipinski definition) is 5. The second kappa shape index (κ2) is 9.04. The van der Waals surface area contributed by atoms with Gasteiger partial charge in [-0.15, -0.1) is 8.86 Å². The lowest BCUT2D eigenvalue weighted by atomic mass is 10.0. The molecule has 0 aromatic carbocycles. The van der Waals surface area contributed by atoms with E-state index in [1.807, 2.05) is 6.92 Å². The molecule has 0 spiro atoms. The molecule has 3 rings (SSSR count). The first-order chi connectivity index (χ1) is 14.2. The van der Waals surface area contributed by atoms with Crippen molar-refractivity contribution in [2.45, 2.75) is 32.0 Å². The number of halogens is 3. The largest absolute Gasteiger partial charge is 0.474 e. The van der Waals surface area contributed by atoms with Crippen LogP contribution in [0.25, 0.3) is 16.5 Å².